The van der Waals surface area contributed by atoms with Crippen molar-refractivity contribution in [1.29, 1.82) is 5.26 Å². The third kappa shape index (κ3) is 2.11. The minimum Gasteiger partial charge on any atom is -0.370 e. The van der Waals surface area contributed by atoms with E-state index in [-0.39, 0.29) is 0 Å². The number of nitriles is 1. The van der Waals surface area contributed by atoms with Crippen LogP contribution in [-0.2, 0) is 0 Å². The lowest BCUT2D eigenvalue weighted by molar-refractivity contribution is 0.686. The van der Waals surface area contributed by atoms with Crippen LogP contribution in [0.5, 0.6) is 0 Å². The van der Waals surface area contributed by atoms with Crippen LogP contribution in [-0.4, -0.2) is 26.2 Å². The van der Waals surface area contributed by atoms with E-state index in [0.29, 0.717) is 6.04 Å². The Bertz CT molecular complexity index is 357. The number of likely N-dealkylation sites (N-methyl/N-ethyl adjacent to an activating group) is 1. The molecule has 1 N–H and O–H groups in total. The summed E-state index contributed by atoms with van der Waals surface area (Å²) in [4.78, 5) is 2.28. The molecule has 1 atom stereocenters. The van der Waals surface area contributed by atoms with Crippen molar-refractivity contribution in [3.05, 3.63) is 29.8 Å². The second-order valence-corrected chi connectivity index (χ2v) is 3.92. The molecule has 0 bridgehead atoms. The number of rotatable bonds is 2. The number of nitrogens with one attached hydrogen (secondary N) is 1. The van der Waals surface area contributed by atoms with Crippen molar-refractivity contribution in [2.75, 3.05) is 25.0 Å². The molecule has 3 heteroatoms. The van der Waals surface area contributed by atoms with Gasteiger partial charge in [-0.05, 0) is 37.2 Å². The SMILES string of the molecule is CN(c1ccc(C#N)cc1)C1CCNC1. The fourth-order valence-corrected chi connectivity index (χ4v) is 1.95. The van der Waals surface area contributed by atoms with E-state index in [1.54, 1.807) is 0 Å². The summed E-state index contributed by atoms with van der Waals surface area (Å²) in [6, 6.07) is 10.5. The summed E-state index contributed by atoms with van der Waals surface area (Å²) in [5.74, 6) is 0. The van der Waals surface area contributed by atoms with E-state index in [1.807, 2.05) is 24.3 Å². The first-order chi connectivity index (χ1) is 7.31. The zero-order valence-electron chi connectivity index (χ0n) is 8.90. The number of hydrogen-bond acceptors (Lipinski definition) is 3. The van der Waals surface area contributed by atoms with E-state index in [1.165, 1.54) is 12.1 Å². The Morgan fingerprint density at radius 3 is 2.67 bits per heavy atom. The van der Waals surface area contributed by atoms with Crippen molar-refractivity contribution in [2.24, 2.45) is 0 Å². The molecule has 1 aliphatic heterocycles. The van der Waals surface area contributed by atoms with Gasteiger partial charge in [-0.1, -0.05) is 0 Å². The molecule has 15 heavy (non-hydrogen) atoms. The predicted molar refractivity (Wildman–Crippen MR) is 60.8 cm³/mol. The summed E-state index contributed by atoms with van der Waals surface area (Å²) in [6.45, 7) is 2.15. The second-order valence-electron chi connectivity index (χ2n) is 3.92. The second kappa shape index (κ2) is 4.33. The van der Waals surface area contributed by atoms with Gasteiger partial charge in [0.2, 0.25) is 0 Å². The summed E-state index contributed by atoms with van der Waals surface area (Å²) < 4.78 is 0. The molecule has 0 radical (unpaired) electrons. The highest BCUT2D eigenvalue weighted by Crippen LogP contribution is 2.18. The highest BCUT2D eigenvalue weighted by Gasteiger charge is 2.19. The Labute approximate surface area is 90.3 Å². The van der Waals surface area contributed by atoms with Gasteiger partial charge in [0.1, 0.15) is 0 Å². The van der Waals surface area contributed by atoms with Crippen molar-refractivity contribution >= 4 is 5.69 Å². The number of benzene rings is 1. The maximum atomic E-state index is 8.71. The molecule has 1 aromatic carbocycles. The monoisotopic (exact) mass is 201 g/mol. The smallest absolute Gasteiger partial charge is 0.0991 e. The largest absolute Gasteiger partial charge is 0.370 e. The van der Waals surface area contributed by atoms with Gasteiger partial charge in [-0.15, -0.1) is 0 Å². The van der Waals surface area contributed by atoms with Gasteiger partial charge in [-0.25, -0.2) is 0 Å². The normalized spacial score (nSPS) is 19.9. The highest BCUT2D eigenvalue weighted by atomic mass is 15.2. The van der Waals surface area contributed by atoms with Gasteiger partial charge in [-0.2, -0.15) is 5.26 Å². The van der Waals surface area contributed by atoms with Gasteiger partial charge in [0.15, 0.2) is 0 Å². The quantitative estimate of drug-likeness (QED) is 0.785. The number of hydrogen-bond donors (Lipinski definition) is 1. The average molecular weight is 201 g/mol. The molecule has 0 spiro atoms. The van der Waals surface area contributed by atoms with Crippen LogP contribution in [0.3, 0.4) is 0 Å². The van der Waals surface area contributed by atoms with Gasteiger partial charge in [0, 0.05) is 25.3 Å². The fourth-order valence-electron chi connectivity index (χ4n) is 1.95. The Kier molecular flexibility index (Phi) is 2.89. The van der Waals surface area contributed by atoms with Gasteiger partial charge in [0.25, 0.3) is 0 Å². The minimum absolute atomic E-state index is 0.581. The summed E-state index contributed by atoms with van der Waals surface area (Å²) in [6.07, 6.45) is 1.19. The molecule has 1 saturated heterocycles. The van der Waals surface area contributed by atoms with E-state index < -0.39 is 0 Å². The van der Waals surface area contributed by atoms with Crippen LogP contribution in [0.1, 0.15) is 12.0 Å². The number of anilines is 1. The Morgan fingerprint density at radius 2 is 2.13 bits per heavy atom. The maximum Gasteiger partial charge on any atom is 0.0991 e. The molecule has 0 saturated carbocycles. The topological polar surface area (TPSA) is 39.1 Å². The van der Waals surface area contributed by atoms with Crippen LogP contribution >= 0.6 is 0 Å². The Hall–Kier alpha value is -1.53. The van der Waals surface area contributed by atoms with Crippen molar-refractivity contribution < 1.29 is 0 Å². The zero-order chi connectivity index (χ0) is 10.7. The first kappa shape index (κ1) is 10.0. The molecular weight excluding hydrogens is 186 g/mol. The molecule has 2 rings (SSSR count). The minimum atomic E-state index is 0.581. The average Bonchev–Trinajstić information content (AvgIpc) is 2.82. The van der Waals surface area contributed by atoms with Crippen molar-refractivity contribution in [2.45, 2.75) is 12.5 Å². The summed E-state index contributed by atoms with van der Waals surface area (Å²) in [5, 5.41) is 12.1. The maximum absolute atomic E-state index is 8.71. The molecule has 1 aromatic rings. The van der Waals surface area contributed by atoms with Gasteiger partial charge in [0.05, 0.1) is 11.6 Å². The molecule has 0 aromatic heterocycles. The summed E-state index contributed by atoms with van der Waals surface area (Å²) in [5.41, 5.74) is 1.90. The third-order valence-electron chi connectivity index (χ3n) is 2.99. The van der Waals surface area contributed by atoms with Crippen molar-refractivity contribution in [3.63, 3.8) is 0 Å². The molecule has 0 aliphatic carbocycles. The molecule has 3 nitrogen and oxygen atoms in total. The zero-order valence-corrected chi connectivity index (χ0v) is 8.90. The molecule has 1 fully saturated rings. The molecule has 1 aliphatic rings. The molecule has 0 amide bonds. The van der Waals surface area contributed by atoms with Gasteiger partial charge >= 0.3 is 0 Å². The van der Waals surface area contributed by atoms with E-state index in [9.17, 15) is 0 Å². The summed E-state index contributed by atoms with van der Waals surface area (Å²) >= 11 is 0. The van der Waals surface area contributed by atoms with E-state index in [0.717, 1.165) is 18.7 Å². The van der Waals surface area contributed by atoms with Crippen LogP contribution in [0.2, 0.25) is 0 Å². The van der Waals surface area contributed by atoms with E-state index in [2.05, 4.69) is 23.3 Å². The lowest BCUT2D eigenvalue weighted by Crippen LogP contribution is -2.33. The first-order valence-corrected chi connectivity index (χ1v) is 5.25. The fraction of sp³-hybridized carbons (Fsp3) is 0.417. The molecule has 1 unspecified atom stereocenters. The van der Waals surface area contributed by atoms with Crippen LogP contribution in [0.4, 0.5) is 5.69 Å². The van der Waals surface area contributed by atoms with Gasteiger partial charge in [-0.3, -0.25) is 0 Å². The highest BCUT2D eigenvalue weighted by molar-refractivity contribution is 5.50. The molecule has 1 heterocycles. The van der Waals surface area contributed by atoms with Crippen molar-refractivity contribution in [3.8, 4) is 6.07 Å². The van der Waals surface area contributed by atoms with Crippen LogP contribution in [0, 0.1) is 11.3 Å². The van der Waals surface area contributed by atoms with E-state index in [4.69, 9.17) is 5.26 Å². The summed E-state index contributed by atoms with van der Waals surface area (Å²) in [7, 11) is 2.11. The third-order valence-corrected chi connectivity index (χ3v) is 2.99. The standard InChI is InChI=1S/C12H15N3/c1-15(12-6-7-14-9-12)11-4-2-10(8-13)3-5-11/h2-5,12,14H,6-7,9H2,1H3. The molecule has 78 valence electrons. The van der Waals surface area contributed by atoms with Crippen LogP contribution in [0.25, 0.3) is 0 Å². The lowest BCUT2D eigenvalue weighted by atomic mass is 10.1. The van der Waals surface area contributed by atoms with Crippen LogP contribution in [0.15, 0.2) is 24.3 Å². The van der Waals surface area contributed by atoms with Crippen molar-refractivity contribution in [1.82, 2.24) is 5.32 Å². The lowest BCUT2D eigenvalue weighted by Gasteiger charge is -2.25. The Balaban J connectivity index is 2.11. The van der Waals surface area contributed by atoms with E-state index >= 15 is 0 Å². The Morgan fingerprint density at radius 1 is 1.40 bits per heavy atom. The van der Waals surface area contributed by atoms with Gasteiger partial charge < -0.3 is 10.2 Å². The van der Waals surface area contributed by atoms with Crippen LogP contribution < -0.4 is 10.2 Å². The first-order valence-electron chi connectivity index (χ1n) is 5.25. The molecular formula is C12H15N3. The predicted octanol–water partition coefficient (Wildman–Crippen LogP) is 1.36. The number of nitrogens with zero attached hydrogens (tertiary/aromatic N) is 2.